The highest BCUT2D eigenvalue weighted by Crippen LogP contribution is 2.32. The van der Waals surface area contributed by atoms with E-state index in [0.717, 1.165) is 17.7 Å². The van der Waals surface area contributed by atoms with Gasteiger partial charge < -0.3 is 15.4 Å². The first-order chi connectivity index (χ1) is 14.2. The van der Waals surface area contributed by atoms with Crippen molar-refractivity contribution in [2.45, 2.75) is 13.1 Å². The van der Waals surface area contributed by atoms with Crippen LogP contribution >= 0.6 is 11.6 Å². The molecule has 0 unspecified atom stereocenters. The molecular weight excluding hydrogens is 419 g/mol. The van der Waals surface area contributed by atoms with Crippen LogP contribution in [-0.4, -0.2) is 18.0 Å². The third-order valence-corrected chi connectivity index (χ3v) is 4.45. The number of amides is 1. The lowest BCUT2D eigenvalue weighted by Crippen LogP contribution is -2.17. The summed E-state index contributed by atoms with van der Waals surface area (Å²) in [5.74, 6) is -0.353. The van der Waals surface area contributed by atoms with E-state index in [1.165, 1.54) is 7.11 Å². The van der Waals surface area contributed by atoms with E-state index in [1.807, 2.05) is 0 Å². The monoisotopic (exact) mass is 435 g/mol. The van der Waals surface area contributed by atoms with Gasteiger partial charge in [-0.1, -0.05) is 23.7 Å². The first-order valence-electron chi connectivity index (χ1n) is 8.74. The van der Waals surface area contributed by atoms with E-state index >= 15 is 0 Å². The first-order valence-corrected chi connectivity index (χ1v) is 9.12. The molecule has 1 aromatic heterocycles. The lowest BCUT2D eigenvalue weighted by molar-refractivity contribution is -0.141. The van der Waals surface area contributed by atoms with Gasteiger partial charge in [-0.25, -0.2) is 4.98 Å². The van der Waals surface area contributed by atoms with Gasteiger partial charge in [0.15, 0.2) is 0 Å². The summed E-state index contributed by atoms with van der Waals surface area (Å²) in [6.07, 6.45) is -4.67. The van der Waals surface area contributed by atoms with Gasteiger partial charge in [-0.3, -0.25) is 4.79 Å². The molecule has 0 spiro atoms. The summed E-state index contributed by atoms with van der Waals surface area (Å²) in [5, 5.41) is 5.83. The average Bonchev–Trinajstić information content (AvgIpc) is 2.70. The summed E-state index contributed by atoms with van der Waals surface area (Å²) < 4.78 is 44.7. The van der Waals surface area contributed by atoms with E-state index in [0.29, 0.717) is 22.1 Å². The number of nitrogens with zero attached hydrogens (tertiary/aromatic N) is 1. The Bertz CT molecular complexity index is 1090. The largest absolute Gasteiger partial charge is 0.497 e. The number of nitrogens with one attached hydrogen (secondary N) is 2. The molecule has 3 rings (SSSR count). The number of halogens is 4. The SMILES string of the molecule is COc1cccc(NC(=O)c2ccc(C(F)(F)F)nc2Nc2cc(Cl)ccc2C)c1. The van der Waals surface area contributed by atoms with Crippen molar-refractivity contribution in [1.29, 1.82) is 0 Å². The van der Waals surface area contributed by atoms with E-state index in [-0.39, 0.29) is 11.4 Å². The molecule has 0 aliphatic carbocycles. The number of hydrogen-bond donors (Lipinski definition) is 2. The summed E-state index contributed by atoms with van der Waals surface area (Å²) in [4.78, 5) is 16.4. The molecule has 1 amide bonds. The fourth-order valence-corrected chi connectivity index (χ4v) is 2.82. The Morgan fingerprint density at radius 3 is 2.57 bits per heavy atom. The first kappa shape index (κ1) is 21.4. The molecule has 0 aliphatic heterocycles. The van der Waals surface area contributed by atoms with Gasteiger partial charge in [-0.05, 0) is 48.9 Å². The Labute approximate surface area is 175 Å². The Hall–Kier alpha value is -3.26. The van der Waals surface area contributed by atoms with Crippen molar-refractivity contribution in [3.63, 3.8) is 0 Å². The van der Waals surface area contributed by atoms with Crippen LogP contribution in [0.5, 0.6) is 5.75 Å². The summed E-state index contributed by atoms with van der Waals surface area (Å²) >= 11 is 5.99. The van der Waals surface area contributed by atoms with Crippen molar-refractivity contribution >= 4 is 34.7 Å². The highest BCUT2D eigenvalue weighted by atomic mass is 35.5. The van der Waals surface area contributed by atoms with Gasteiger partial charge in [0, 0.05) is 22.5 Å². The zero-order valence-corrected chi connectivity index (χ0v) is 16.7. The van der Waals surface area contributed by atoms with Gasteiger partial charge >= 0.3 is 6.18 Å². The second-order valence-electron chi connectivity index (χ2n) is 6.36. The average molecular weight is 436 g/mol. The zero-order valence-electron chi connectivity index (χ0n) is 16.0. The van der Waals surface area contributed by atoms with Gasteiger partial charge in [0.2, 0.25) is 0 Å². The van der Waals surface area contributed by atoms with Gasteiger partial charge in [-0.2, -0.15) is 13.2 Å². The van der Waals surface area contributed by atoms with Crippen LogP contribution in [0.3, 0.4) is 0 Å². The number of carbonyl (C=O) groups excluding carboxylic acids is 1. The van der Waals surface area contributed by atoms with Crippen LogP contribution in [0.15, 0.2) is 54.6 Å². The number of pyridine rings is 1. The standard InChI is InChI=1S/C21H17ClF3N3O2/c1-12-6-7-13(22)10-17(12)27-19-16(8-9-18(28-19)21(23,24)25)20(29)26-14-4-3-5-15(11-14)30-2/h3-11H,1-2H3,(H,26,29)(H,27,28). The molecule has 0 saturated carbocycles. The smallest absolute Gasteiger partial charge is 0.433 e. The number of carbonyl (C=O) groups is 1. The molecule has 1 heterocycles. The second kappa shape index (κ2) is 8.62. The van der Waals surface area contributed by atoms with Crippen LogP contribution in [0.2, 0.25) is 5.02 Å². The molecule has 0 fully saturated rings. The third-order valence-electron chi connectivity index (χ3n) is 4.21. The van der Waals surface area contributed by atoms with Gasteiger partial charge in [0.1, 0.15) is 17.3 Å². The van der Waals surface area contributed by atoms with Gasteiger partial charge in [0.05, 0.1) is 12.7 Å². The predicted octanol–water partition coefficient (Wildman–Crippen LogP) is 6.07. The summed E-state index contributed by atoms with van der Waals surface area (Å²) in [5.41, 5.74) is 0.388. The number of anilines is 3. The molecule has 0 aliphatic rings. The topological polar surface area (TPSA) is 63.2 Å². The maximum absolute atomic E-state index is 13.2. The highest BCUT2D eigenvalue weighted by molar-refractivity contribution is 6.30. The van der Waals surface area contributed by atoms with Crippen LogP contribution in [0.4, 0.5) is 30.4 Å². The molecule has 30 heavy (non-hydrogen) atoms. The molecule has 3 aromatic rings. The van der Waals surface area contributed by atoms with Crippen LogP contribution < -0.4 is 15.4 Å². The van der Waals surface area contributed by atoms with Gasteiger partial charge in [0.25, 0.3) is 5.91 Å². The highest BCUT2D eigenvalue weighted by Gasteiger charge is 2.33. The Morgan fingerprint density at radius 1 is 1.10 bits per heavy atom. The number of aryl methyl sites for hydroxylation is 1. The minimum absolute atomic E-state index is 0.0646. The molecule has 2 N–H and O–H groups in total. The van der Waals surface area contributed by atoms with Crippen molar-refractivity contribution in [2.75, 3.05) is 17.7 Å². The minimum atomic E-state index is -4.67. The Morgan fingerprint density at radius 2 is 1.87 bits per heavy atom. The number of alkyl halides is 3. The Balaban J connectivity index is 2.00. The maximum Gasteiger partial charge on any atom is 0.433 e. The molecule has 0 radical (unpaired) electrons. The van der Waals surface area contributed by atoms with E-state index in [9.17, 15) is 18.0 Å². The number of rotatable bonds is 5. The van der Waals surface area contributed by atoms with Crippen LogP contribution in [0, 0.1) is 6.92 Å². The van der Waals surface area contributed by atoms with Gasteiger partial charge in [-0.15, -0.1) is 0 Å². The molecule has 9 heteroatoms. The number of hydrogen-bond acceptors (Lipinski definition) is 4. The fraction of sp³-hybridized carbons (Fsp3) is 0.143. The molecular formula is C21H17ClF3N3O2. The number of aromatic nitrogens is 1. The maximum atomic E-state index is 13.2. The van der Waals surface area contributed by atoms with E-state index in [4.69, 9.17) is 16.3 Å². The van der Waals surface area contributed by atoms with Crippen LogP contribution in [0.25, 0.3) is 0 Å². The molecule has 2 aromatic carbocycles. The van der Waals surface area contributed by atoms with Crippen molar-refractivity contribution in [3.8, 4) is 5.75 Å². The van der Waals surface area contributed by atoms with Crippen molar-refractivity contribution in [2.24, 2.45) is 0 Å². The van der Waals surface area contributed by atoms with E-state index in [2.05, 4.69) is 15.6 Å². The Kier molecular flexibility index (Phi) is 6.17. The quantitative estimate of drug-likeness (QED) is 0.510. The summed E-state index contributed by atoms with van der Waals surface area (Å²) in [7, 11) is 1.48. The normalized spacial score (nSPS) is 11.1. The second-order valence-corrected chi connectivity index (χ2v) is 6.80. The number of methoxy groups -OCH3 is 1. The number of benzene rings is 2. The molecule has 0 saturated heterocycles. The van der Waals surface area contributed by atoms with Crippen LogP contribution in [0.1, 0.15) is 21.6 Å². The molecule has 0 atom stereocenters. The van der Waals surface area contributed by atoms with Crippen LogP contribution in [-0.2, 0) is 6.18 Å². The molecule has 5 nitrogen and oxygen atoms in total. The lowest BCUT2D eigenvalue weighted by atomic mass is 10.1. The summed E-state index contributed by atoms with van der Waals surface area (Å²) in [6, 6.07) is 13.3. The summed E-state index contributed by atoms with van der Waals surface area (Å²) in [6.45, 7) is 1.75. The van der Waals surface area contributed by atoms with E-state index < -0.39 is 17.8 Å². The lowest BCUT2D eigenvalue weighted by Gasteiger charge is -2.16. The predicted molar refractivity (Wildman–Crippen MR) is 110 cm³/mol. The van der Waals surface area contributed by atoms with Crippen molar-refractivity contribution in [1.82, 2.24) is 4.98 Å². The minimum Gasteiger partial charge on any atom is -0.497 e. The molecule has 156 valence electrons. The zero-order chi connectivity index (χ0) is 21.9. The van der Waals surface area contributed by atoms with E-state index in [1.54, 1.807) is 49.4 Å². The molecule has 0 bridgehead atoms. The number of ether oxygens (including phenoxy) is 1. The van der Waals surface area contributed by atoms with Crippen molar-refractivity contribution in [3.05, 3.63) is 76.4 Å². The third kappa shape index (κ3) is 5.01. The van der Waals surface area contributed by atoms with Crippen molar-refractivity contribution < 1.29 is 22.7 Å². The fourth-order valence-electron chi connectivity index (χ4n) is 2.65.